The minimum Gasteiger partial charge on any atom is -0.475 e. The van der Waals surface area contributed by atoms with Gasteiger partial charge in [-0.15, -0.1) is 0 Å². The summed E-state index contributed by atoms with van der Waals surface area (Å²) in [5.74, 6) is -4.58. The van der Waals surface area contributed by atoms with Crippen molar-refractivity contribution >= 4 is 29.6 Å². The molecule has 1 saturated heterocycles. The highest BCUT2D eigenvalue weighted by molar-refractivity contribution is 5.95. The number of benzene rings is 2. The van der Waals surface area contributed by atoms with Gasteiger partial charge in [-0.3, -0.25) is 19.2 Å². The summed E-state index contributed by atoms with van der Waals surface area (Å²) in [6, 6.07) is 13.1. The molecular formula is C32H42F3N5O6. The van der Waals surface area contributed by atoms with Crippen molar-refractivity contribution in [3.05, 3.63) is 59.7 Å². The normalized spacial score (nSPS) is 16.5. The van der Waals surface area contributed by atoms with Crippen LogP contribution in [-0.2, 0) is 30.4 Å². The van der Waals surface area contributed by atoms with Crippen molar-refractivity contribution in [3.8, 4) is 11.1 Å². The number of carboxylic acids is 1. The van der Waals surface area contributed by atoms with Gasteiger partial charge < -0.3 is 31.7 Å². The Morgan fingerprint density at radius 3 is 2.11 bits per heavy atom. The van der Waals surface area contributed by atoms with Crippen LogP contribution in [0.25, 0.3) is 11.1 Å². The first-order chi connectivity index (χ1) is 21.5. The Morgan fingerprint density at radius 2 is 1.61 bits per heavy atom. The van der Waals surface area contributed by atoms with Crippen LogP contribution in [0.3, 0.4) is 0 Å². The number of hydrogen-bond donors (Lipinski definition) is 5. The number of carbonyl (C=O) groups excluding carboxylic acids is 4. The average molecular weight is 650 g/mol. The van der Waals surface area contributed by atoms with Crippen LogP contribution in [0.4, 0.5) is 13.2 Å². The fourth-order valence-electron chi connectivity index (χ4n) is 4.79. The molecule has 0 aliphatic carbocycles. The number of hydrogen-bond acceptors (Lipinski definition) is 6. The largest absolute Gasteiger partial charge is 0.490 e. The van der Waals surface area contributed by atoms with E-state index in [9.17, 15) is 32.3 Å². The van der Waals surface area contributed by atoms with Crippen molar-refractivity contribution < 1.29 is 42.3 Å². The van der Waals surface area contributed by atoms with Gasteiger partial charge in [-0.05, 0) is 56.3 Å². The molecule has 0 aromatic heterocycles. The third-order valence-corrected chi connectivity index (χ3v) is 7.54. The Bertz CT molecular complexity index is 1380. The number of carboxylic acid groups (broad SMARTS) is 1. The highest BCUT2D eigenvalue weighted by atomic mass is 19.4. The molecule has 0 spiro atoms. The number of nitrogens with two attached hydrogens (primary N) is 1. The Balaban J connectivity index is 0.000000942. The van der Waals surface area contributed by atoms with Crippen molar-refractivity contribution in [1.82, 2.24) is 20.9 Å². The van der Waals surface area contributed by atoms with E-state index in [0.29, 0.717) is 19.4 Å². The Labute approximate surface area is 266 Å². The number of aliphatic carboxylic acids is 1. The van der Waals surface area contributed by atoms with E-state index in [1.54, 1.807) is 14.0 Å². The van der Waals surface area contributed by atoms with Crippen molar-refractivity contribution in [2.45, 2.75) is 77.3 Å². The number of rotatable bonds is 11. The van der Waals surface area contributed by atoms with Crippen LogP contribution in [0.15, 0.2) is 48.5 Å². The zero-order valence-corrected chi connectivity index (χ0v) is 26.5. The lowest BCUT2D eigenvalue weighted by atomic mass is 9.99. The standard InChI is InChI=1S/C30H41N5O4.C2HF3O2/c1-18(2)26(34-28(37)20(4)32-5)30(39)35-15-7-10-25(35)29(38)33-24(27(31)36)17-21-11-13-22(14-12-21)23-9-6-8-19(3)16-23;3-2(4,5)1(6)7/h6,8-9,11-14,16,18,20,24-26,32H,7,10,15,17H2,1-5H3,(H2,31,36)(H,33,38)(H,34,37);(H,6,7)/t20-,24-,25-,26-;/m0./s1. The molecule has 1 aliphatic heterocycles. The van der Waals surface area contributed by atoms with E-state index in [-0.39, 0.29) is 24.2 Å². The minimum atomic E-state index is -5.08. The molecule has 1 fully saturated rings. The molecule has 11 nitrogen and oxygen atoms in total. The zero-order valence-electron chi connectivity index (χ0n) is 26.5. The van der Waals surface area contributed by atoms with Crippen LogP contribution in [0.1, 0.15) is 44.7 Å². The molecule has 252 valence electrons. The van der Waals surface area contributed by atoms with Crippen molar-refractivity contribution in [2.24, 2.45) is 11.7 Å². The van der Waals surface area contributed by atoms with E-state index in [1.165, 1.54) is 10.5 Å². The second-order valence-electron chi connectivity index (χ2n) is 11.5. The average Bonchev–Trinajstić information content (AvgIpc) is 3.49. The van der Waals surface area contributed by atoms with Gasteiger partial charge in [0.2, 0.25) is 23.6 Å². The molecule has 4 amide bonds. The first-order valence-corrected chi connectivity index (χ1v) is 14.8. The van der Waals surface area contributed by atoms with Crippen molar-refractivity contribution in [1.29, 1.82) is 0 Å². The maximum atomic E-state index is 13.4. The lowest BCUT2D eigenvalue weighted by Gasteiger charge is -2.31. The maximum Gasteiger partial charge on any atom is 0.490 e. The summed E-state index contributed by atoms with van der Waals surface area (Å²) in [5, 5.41) is 15.6. The molecule has 0 unspecified atom stereocenters. The van der Waals surface area contributed by atoms with E-state index >= 15 is 0 Å². The molecular weight excluding hydrogens is 607 g/mol. The maximum absolute atomic E-state index is 13.4. The van der Waals surface area contributed by atoms with Gasteiger partial charge in [0.1, 0.15) is 18.1 Å². The highest BCUT2D eigenvalue weighted by Crippen LogP contribution is 2.23. The summed E-state index contributed by atoms with van der Waals surface area (Å²) in [6.07, 6.45) is -3.72. The molecule has 0 radical (unpaired) electrons. The number of nitrogens with one attached hydrogen (secondary N) is 3. The molecule has 0 bridgehead atoms. The Hall–Kier alpha value is -4.46. The molecule has 14 heteroatoms. The second kappa shape index (κ2) is 16.7. The first kappa shape index (κ1) is 37.7. The third kappa shape index (κ3) is 10.9. The third-order valence-electron chi connectivity index (χ3n) is 7.54. The lowest BCUT2D eigenvalue weighted by molar-refractivity contribution is -0.192. The fourth-order valence-corrected chi connectivity index (χ4v) is 4.79. The van der Waals surface area contributed by atoms with Gasteiger partial charge in [-0.25, -0.2) is 4.79 Å². The topological polar surface area (TPSA) is 171 Å². The molecule has 0 saturated carbocycles. The molecule has 1 aliphatic rings. The van der Waals surface area contributed by atoms with Gasteiger partial charge in [0, 0.05) is 13.0 Å². The Morgan fingerprint density at radius 1 is 1.00 bits per heavy atom. The predicted octanol–water partition coefficient (Wildman–Crippen LogP) is 2.55. The van der Waals surface area contributed by atoms with Gasteiger partial charge in [-0.1, -0.05) is 67.9 Å². The summed E-state index contributed by atoms with van der Waals surface area (Å²) in [4.78, 5) is 61.9. The number of primary amides is 1. The number of halogens is 3. The zero-order chi connectivity index (χ0) is 34.8. The number of likely N-dealkylation sites (N-methyl/N-ethyl adjacent to an activating group) is 1. The number of carbonyl (C=O) groups is 5. The fraction of sp³-hybridized carbons (Fsp3) is 0.469. The molecule has 4 atom stereocenters. The van der Waals surface area contributed by atoms with Gasteiger partial charge in [0.15, 0.2) is 0 Å². The molecule has 46 heavy (non-hydrogen) atoms. The Kier molecular flexibility index (Phi) is 13.7. The van der Waals surface area contributed by atoms with Crippen LogP contribution in [0, 0.1) is 12.8 Å². The van der Waals surface area contributed by atoms with E-state index in [4.69, 9.17) is 15.6 Å². The molecule has 2 aromatic rings. The summed E-state index contributed by atoms with van der Waals surface area (Å²) in [6.45, 7) is 7.86. The van der Waals surface area contributed by atoms with Crippen LogP contribution in [0.2, 0.25) is 0 Å². The lowest BCUT2D eigenvalue weighted by Crippen LogP contribution is -2.58. The van der Waals surface area contributed by atoms with E-state index < -0.39 is 48.1 Å². The smallest absolute Gasteiger partial charge is 0.475 e. The van der Waals surface area contributed by atoms with Crippen molar-refractivity contribution in [3.63, 3.8) is 0 Å². The molecule has 2 aromatic carbocycles. The van der Waals surface area contributed by atoms with E-state index in [0.717, 1.165) is 16.7 Å². The number of alkyl halides is 3. The van der Waals surface area contributed by atoms with Crippen LogP contribution in [0.5, 0.6) is 0 Å². The van der Waals surface area contributed by atoms with Crippen LogP contribution < -0.4 is 21.7 Å². The molecule has 6 N–H and O–H groups in total. The number of amides is 4. The number of aryl methyl sites for hydroxylation is 1. The summed E-state index contributed by atoms with van der Waals surface area (Å²) in [5.41, 5.74) is 9.84. The summed E-state index contributed by atoms with van der Waals surface area (Å²) < 4.78 is 31.7. The first-order valence-electron chi connectivity index (χ1n) is 14.8. The second-order valence-corrected chi connectivity index (χ2v) is 11.5. The minimum absolute atomic E-state index is 0.170. The number of likely N-dealkylation sites (tertiary alicyclic amines) is 1. The van der Waals surface area contributed by atoms with Gasteiger partial charge in [0.25, 0.3) is 0 Å². The monoisotopic (exact) mass is 649 g/mol. The molecule has 1 heterocycles. The van der Waals surface area contributed by atoms with Crippen LogP contribution >= 0.6 is 0 Å². The SMILES string of the molecule is CN[C@@H](C)C(=O)N[C@H](C(=O)N1CCC[C@H]1C(=O)N[C@@H](Cc1ccc(-c2cccc(C)c2)cc1)C(N)=O)C(C)C.O=C(O)C(F)(F)F. The summed E-state index contributed by atoms with van der Waals surface area (Å²) in [7, 11) is 1.67. The van der Waals surface area contributed by atoms with Crippen molar-refractivity contribution in [2.75, 3.05) is 13.6 Å². The predicted molar refractivity (Wildman–Crippen MR) is 165 cm³/mol. The van der Waals surface area contributed by atoms with Gasteiger partial charge >= 0.3 is 12.1 Å². The van der Waals surface area contributed by atoms with Crippen LogP contribution in [-0.4, -0.2) is 83.5 Å². The highest BCUT2D eigenvalue weighted by Gasteiger charge is 2.40. The quantitative estimate of drug-likeness (QED) is 0.249. The van der Waals surface area contributed by atoms with E-state index in [1.807, 2.05) is 63.2 Å². The van der Waals surface area contributed by atoms with Gasteiger partial charge in [0.05, 0.1) is 6.04 Å². The van der Waals surface area contributed by atoms with E-state index in [2.05, 4.69) is 22.0 Å². The number of nitrogens with zero attached hydrogens (tertiary/aromatic N) is 1. The van der Waals surface area contributed by atoms with Gasteiger partial charge in [-0.2, -0.15) is 13.2 Å². The molecule has 3 rings (SSSR count). The summed E-state index contributed by atoms with van der Waals surface area (Å²) >= 11 is 0.